The van der Waals surface area contributed by atoms with Gasteiger partial charge in [-0.25, -0.2) is 0 Å². The van der Waals surface area contributed by atoms with Gasteiger partial charge in [0, 0.05) is 18.0 Å². The summed E-state index contributed by atoms with van der Waals surface area (Å²) in [4.78, 5) is 12.2. The summed E-state index contributed by atoms with van der Waals surface area (Å²) in [6, 6.07) is 11.0. The number of rotatable bonds is 6. The molecule has 1 fully saturated rings. The highest BCUT2D eigenvalue weighted by Crippen LogP contribution is 2.15. The Morgan fingerprint density at radius 3 is 2.75 bits per heavy atom. The summed E-state index contributed by atoms with van der Waals surface area (Å²) in [6.07, 6.45) is 4.28. The average molecular weight is 274 g/mol. The Kier molecular flexibility index (Phi) is 5.60. The van der Waals surface area contributed by atoms with Gasteiger partial charge in [0.05, 0.1) is 0 Å². The van der Waals surface area contributed by atoms with Crippen LogP contribution in [0, 0.1) is 5.92 Å². The molecule has 1 aliphatic rings. The molecule has 0 aromatic heterocycles. The van der Waals surface area contributed by atoms with Crippen LogP contribution < -0.4 is 10.6 Å². The third-order valence-electron chi connectivity index (χ3n) is 4.02. The molecule has 20 heavy (non-hydrogen) atoms. The molecule has 2 N–H and O–H groups in total. The maximum absolute atomic E-state index is 12.2. The van der Waals surface area contributed by atoms with Crippen LogP contribution in [-0.2, 0) is 11.2 Å². The summed E-state index contributed by atoms with van der Waals surface area (Å²) in [5, 5.41) is 6.59. The van der Waals surface area contributed by atoms with E-state index in [1.807, 2.05) is 25.1 Å². The van der Waals surface area contributed by atoms with Crippen LogP contribution in [0.3, 0.4) is 0 Å². The Bertz CT molecular complexity index is 412. The van der Waals surface area contributed by atoms with Crippen LogP contribution >= 0.6 is 0 Å². The lowest BCUT2D eigenvalue weighted by atomic mass is 9.99. The molecule has 0 radical (unpaired) electrons. The summed E-state index contributed by atoms with van der Waals surface area (Å²) in [5.41, 5.74) is 1.27. The molecule has 0 aliphatic carbocycles. The fourth-order valence-corrected chi connectivity index (χ4v) is 2.90. The predicted octanol–water partition coefficient (Wildman–Crippen LogP) is 2.51. The van der Waals surface area contributed by atoms with Crippen LogP contribution in [0.1, 0.15) is 38.7 Å². The molecule has 0 saturated carbocycles. The van der Waals surface area contributed by atoms with Gasteiger partial charge in [-0.3, -0.25) is 4.79 Å². The first-order valence-corrected chi connectivity index (χ1v) is 7.73. The lowest BCUT2D eigenvalue weighted by molar-refractivity contribution is -0.125. The predicted molar refractivity (Wildman–Crippen MR) is 82.6 cm³/mol. The molecule has 1 aromatic carbocycles. The third kappa shape index (κ3) is 4.64. The summed E-state index contributed by atoms with van der Waals surface area (Å²) >= 11 is 0. The lowest BCUT2D eigenvalue weighted by Gasteiger charge is -2.20. The van der Waals surface area contributed by atoms with Crippen LogP contribution in [-0.4, -0.2) is 24.5 Å². The molecule has 1 aromatic rings. The molecule has 2 rings (SSSR count). The first kappa shape index (κ1) is 15.0. The van der Waals surface area contributed by atoms with Gasteiger partial charge in [0.2, 0.25) is 5.91 Å². The molecule has 1 heterocycles. The second-order valence-electron chi connectivity index (χ2n) is 6.03. The van der Waals surface area contributed by atoms with Crippen molar-refractivity contribution in [2.24, 2.45) is 5.92 Å². The van der Waals surface area contributed by atoms with E-state index in [1.54, 1.807) is 0 Å². The van der Waals surface area contributed by atoms with E-state index in [9.17, 15) is 4.79 Å². The van der Waals surface area contributed by atoms with Gasteiger partial charge in [0.15, 0.2) is 0 Å². The molecular formula is C17H26N2O. The Hall–Kier alpha value is -1.35. The zero-order valence-electron chi connectivity index (χ0n) is 12.6. The number of carbonyl (C=O) groups is 1. The first-order valence-electron chi connectivity index (χ1n) is 7.73. The lowest BCUT2D eigenvalue weighted by Crippen LogP contribution is -2.39. The minimum atomic E-state index is 0.0869. The standard InChI is InChI=1S/C17H26N2O/c1-13(11-16-9-6-10-18-16)17(20)19-14(2)12-15-7-4-3-5-8-15/h3-5,7-8,13-14,16,18H,6,9-12H2,1-2H3,(H,19,20)/t13-,14-,16+/m1/s1. The molecule has 3 nitrogen and oxygen atoms in total. The largest absolute Gasteiger partial charge is 0.353 e. The highest BCUT2D eigenvalue weighted by atomic mass is 16.1. The maximum Gasteiger partial charge on any atom is 0.223 e. The van der Waals surface area contributed by atoms with Crippen molar-refractivity contribution in [1.29, 1.82) is 0 Å². The fraction of sp³-hybridized carbons (Fsp3) is 0.588. The van der Waals surface area contributed by atoms with E-state index >= 15 is 0 Å². The highest BCUT2D eigenvalue weighted by molar-refractivity contribution is 5.78. The first-order chi connectivity index (χ1) is 9.65. The van der Waals surface area contributed by atoms with Crippen LogP contribution in [0.5, 0.6) is 0 Å². The van der Waals surface area contributed by atoms with Crippen molar-refractivity contribution in [2.45, 2.75) is 51.6 Å². The van der Waals surface area contributed by atoms with Crippen LogP contribution in [0.2, 0.25) is 0 Å². The van der Waals surface area contributed by atoms with Gasteiger partial charge >= 0.3 is 0 Å². The molecule has 0 spiro atoms. The van der Waals surface area contributed by atoms with Gasteiger partial charge in [-0.2, -0.15) is 0 Å². The number of hydrogen-bond donors (Lipinski definition) is 2. The van der Waals surface area contributed by atoms with Crippen molar-refractivity contribution in [3.63, 3.8) is 0 Å². The van der Waals surface area contributed by atoms with Crippen molar-refractivity contribution in [3.05, 3.63) is 35.9 Å². The molecular weight excluding hydrogens is 248 g/mol. The quantitative estimate of drug-likeness (QED) is 0.837. The van der Waals surface area contributed by atoms with Crippen molar-refractivity contribution >= 4 is 5.91 Å². The Balaban J connectivity index is 1.75. The van der Waals surface area contributed by atoms with Crippen LogP contribution in [0.15, 0.2) is 30.3 Å². The van der Waals surface area contributed by atoms with Gasteiger partial charge in [-0.05, 0) is 44.7 Å². The van der Waals surface area contributed by atoms with E-state index in [0.29, 0.717) is 6.04 Å². The van der Waals surface area contributed by atoms with Crippen molar-refractivity contribution in [3.8, 4) is 0 Å². The van der Waals surface area contributed by atoms with Gasteiger partial charge < -0.3 is 10.6 Å². The molecule has 0 unspecified atom stereocenters. The van der Waals surface area contributed by atoms with E-state index in [4.69, 9.17) is 0 Å². The zero-order chi connectivity index (χ0) is 14.4. The van der Waals surface area contributed by atoms with Gasteiger partial charge in [-0.1, -0.05) is 37.3 Å². The van der Waals surface area contributed by atoms with E-state index < -0.39 is 0 Å². The molecule has 0 bridgehead atoms. The third-order valence-corrected chi connectivity index (χ3v) is 4.02. The zero-order valence-corrected chi connectivity index (χ0v) is 12.6. The van der Waals surface area contributed by atoms with Crippen LogP contribution in [0.4, 0.5) is 0 Å². The molecule has 3 atom stereocenters. The van der Waals surface area contributed by atoms with E-state index in [2.05, 4.69) is 29.7 Å². The second-order valence-corrected chi connectivity index (χ2v) is 6.03. The molecule has 110 valence electrons. The number of amides is 1. The number of benzene rings is 1. The highest BCUT2D eigenvalue weighted by Gasteiger charge is 2.22. The van der Waals surface area contributed by atoms with Gasteiger partial charge in [0.1, 0.15) is 0 Å². The van der Waals surface area contributed by atoms with Crippen molar-refractivity contribution in [2.75, 3.05) is 6.54 Å². The summed E-state index contributed by atoms with van der Waals surface area (Å²) < 4.78 is 0. The van der Waals surface area contributed by atoms with Gasteiger partial charge in [-0.15, -0.1) is 0 Å². The smallest absolute Gasteiger partial charge is 0.223 e. The Morgan fingerprint density at radius 2 is 2.10 bits per heavy atom. The van der Waals surface area contributed by atoms with Crippen molar-refractivity contribution < 1.29 is 4.79 Å². The maximum atomic E-state index is 12.2. The monoisotopic (exact) mass is 274 g/mol. The number of hydrogen-bond acceptors (Lipinski definition) is 2. The minimum Gasteiger partial charge on any atom is -0.353 e. The summed E-state index contributed by atoms with van der Waals surface area (Å²) in [5.74, 6) is 0.269. The summed E-state index contributed by atoms with van der Waals surface area (Å²) in [7, 11) is 0. The van der Waals surface area contributed by atoms with Crippen molar-refractivity contribution in [1.82, 2.24) is 10.6 Å². The van der Waals surface area contributed by atoms with Gasteiger partial charge in [0.25, 0.3) is 0 Å². The fourth-order valence-electron chi connectivity index (χ4n) is 2.90. The second kappa shape index (κ2) is 7.44. The Morgan fingerprint density at radius 1 is 1.35 bits per heavy atom. The summed E-state index contributed by atoms with van der Waals surface area (Å²) in [6.45, 7) is 5.21. The SMILES string of the molecule is C[C@H](Cc1ccccc1)NC(=O)[C@H](C)C[C@@H]1CCCN1. The van der Waals surface area contributed by atoms with E-state index in [-0.39, 0.29) is 17.9 Å². The normalized spacial score (nSPS) is 21.4. The molecule has 1 saturated heterocycles. The molecule has 1 aliphatic heterocycles. The van der Waals surface area contributed by atoms with Crippen LogP contribution in [0.25, 0.3) is 0 Å². The number of nitrogens with one attached hydrogen (secondary N) is 2. The molecule has 1 amide bonds. The number of carbonyl (C=O) groups excluding carboxylic acids is 1. The van der Waals surface area contributed by atoms with E-state index in [0.717, 1.165) is 19.4 Å². The van der Waals surface area contributed by atoms with E-state index in [1.165, 1.54) is 18.4 Å². The molecule has 3 heteroatoms. The topological polar surface area (TPSA) is 41.1 Å². The Labute approximate surface area is 122 Å². The average Bonchev–Trinajstić information content (AvgIpc) is 2.92. The minimum absolute atomic E-state index is 0.0869.